The number of rotatable bonds is 19. The van der Waals surface area contributed by atoms with Gasteiger partial charge in [-0.05, 0) is 134 Å². The van der Waals surface area contributed by atoms with E-state index in [1.165, 1.54) is 50.7 Å². The quantitative estimate of drug-likeness (QED) is 0.0310. The molecule has 1 aromatic carbocycles. The number of carbonyl (C=O) groups is 2. The minimum atomic E-state index is -0.530. The average molecular weight is 814 g/mol. The molecule has 6 rings (SSSR count). The Bertz CT molecular complexity index is 1690. The number of non-ortho nitro benzene ring substituents is 1. The van der Waals surface area contributed by atoms with E-state index in [2.05, 4.69) is 39.8 Å². The molecule has 1 aromatic heterocycles. The Morgan fingerprint density at radius 2 is 1.69 bits per heavy atom. The third-order valence-corrected chi connectivity index (χ3v) is 13.8. The van der Waals surface area contributed by atoms with Crippen LogP contribution in [0.3, 0.4) is 0 Å². The standard InChI is InChI=1S/C37H56N6O8.C4H11N3/c1-36-15-13-29-27(28(36)9-7-24(36)4-3-5-33(45)50-21-20-49-19-18-48-17-16-38)8-6-25-22-26(12-14-37(25,29)2)40-32(44)23-39-30-10-11-31(43(46)47)35-34(30)41-51-42-35;1-2-3-7-4(5)6/h10-11,24-29,39H,3-9,12-23,38H2,1-2H3,(H,40,44);2-3H2,1H3,(H4,5,6,7)/t24?,25?,26-,27?,28?,29?,36-,37?;/m1./s1. The average Bonchev–Trinajstić information content (AvgIpc) is 3.82. The highest BCUT2D eigenvalue weighted by atomic mass is 16.6. The molecule has 0 spiro atoms. The van der Waals surface area contributed by atoms with Crippen LogP contribution in [0.5, 0.6) is 0 Å². The number of benzene rings is 1. The van der Waals surface area contributed by atoms with Crippen LogP contribution in [0.2, 0.25) is 0 Å². The lowest BCUT2D eigenvalue weighted by Gasteiger charge is -2.61. The van der Waals surface area contributed by atoms with E-state index in [-0.39, 0.29) is 53.8 Å². The minimum absolute atomic E-state index is 0.0347. The molecule has 17 nitrogen and oxygen atoms in total. The summed E-state index contributed by atoms with van der Waals surface area (Å²) in [5.41, 5.74) is 16.6. The first-order valence-corrected chi connectivity index (χ1v) is 21.4. The molecular formula is C41H67N9O8. The lowest BCUT2D eigenvalue weighted by Crippen LogP contribution is -2.55. The maximum atomic E-state index is 13.0. The molecule has 4 fully saturated rings. The Balaban J connectivity index is 0.000000839. The van der Waals surface area contributed by atoms with Crippen LogP contribution in [0, 0.1) is 50.5 Å². The molecule has 8 N–H and O–H groups in total. The molecule has 58 heavy (non-hydrogen) atoms. The van der Waals surface area contributed by atoms with Crippen LogP contribution in [-0.4, -0.2) is 91.8 Å². The number of amides is 1. The predicted octanol–water partition coefficient (Wildman–Crippen LogP) is 5.06. The van der Waals surface area contributed by atoms with Crippen molar-refractivity contribution < 1.29 is 33.4 Å². The van der Waals surface area contributed by atoms with E-state index in [4.69, 9.17) is 36.0 Å². The normalized spacial score (nSPS) is 28.6. The number of hydrogen-bond donors (Lipinski definition) is 5. The zero-order valence-corrected chi connectivity index (χ0v) is 34.8. The number of nitro benzene ring substituents is 1. The summed E-state index contributed by atoms with van der Waals surface area (Å²) in [6, 6.07) is 3.02. The van der Waals surface area contributed by atoms with Gasteiger partial charge in [0.25, 0.3) is 0 Å². The van der Waals surface area contributed by atoms with Crippen LogP contribution in [-0.2, 0) is 23.8 Å². The number of carbonyl (C=O) groups excluding carboxylic acids is 2. The zero-order valence-electron chi connectivity index (χ0n) is 34.8. The van der Waals surface area contributed by atoms with Crippen molar-refractivity contribution in [3.63, 3.8) is 0 Å². The number of ether oxygens (including phenoxy) is 3. The Morgan fingerprint density at radius 1 is 0.966 bits per heavy atom. The summed E-state index contributed by atoms with van der Waals surface area (Å²) >= 11 is 0. The number of nitrogens with two attached hydrogens (primary N) is 3. The van der Waals surface area contributed by atoms with Gasteiger partial charge in [0.05, 0.1) is 43.6 Å². The van der Waals surface area contributed by atoms with Gasteiger partial charge in [-0.3, -0.25) is 24.7 Å². The summed E-state index contributed by atoms with van der Waals surface area (Å²) < 4.78 is 20.9. The van der Waals surface area contributed by atoms with Crippen LogP contribution < -0.4 is 27.8 Å². The molecule has 0 saturated heterocycles. The van der Waals surface area contributed by atoms with Crippen LogP contribution in [0.15, 0.2) is 21.8 Å². The van der Waals surface area contributed by atoms with Crippen molar-refractivity contribution in [2.45, 2.75) is 110 Å². The van der Waals surface area contributed by atoms with E-state index in [9.17, 15) is 19.7 Å². The molecule has 1 heterocycles. The molecule has 17 heteroatoms. The molecule has 6 unspecified atom stereocenters. The molecule has 0 bridgehead atoms. The number of guanidine groups is 1. The van der Waals surface area contributed by atoms with Crippen molar-refractivity contribution in [2.24, 2.45) is 62.6 Å². The highest BCUT2D eigenvalue weighted by molar-refractivity contribution is 5.94. The van der Waals surface area contributed by atoms with E-state index in [1.807, 2.05) is 6.92 Å². The van der Waals surface area contributed by atoms with E-state index >= 15 is 0 Å². The summed E-state index contributed by atoms with van der Waals surface area (Å²) in [5, 5.41) is 25.1. The number of nitrogens with one attached hydrogen (secondary N) is 2. The van der Waals surface area contributed by atoms with Crippen molar-refractivity contribution in [1.29, 1.82) is 0 Å². The van der Waals surface area contributed by atoms with E-state index in [0.29, 0.717) is 67.7 Å². The number of nitro groups is 1. The van der Waals surface area contributed by atoms with Gasteiger partial charge < -0.3 is 42.0 Å². The van der Waals surface area contributed by atoms with Crippen LogP contribution in [0.1, 0.15) is 104 Å². The maximum absolute atomic E-state index is 13.0. The van der Waals surface area contributed by atoms with E-state index in [0.717, 1.165) is 62.8 Å². The summed E-state index contributed by atoms with van der Waals surface area (Å²) in [7, 11) is 0. The van der Waals surface area contributed by atoms with E-state index in [1.54, 1.807) is 0 Å². The molecule has 4 aliphatic carbocycles. The third kappa shape index (κ3) is 11.1. The fourth-order valence-corrected chi connectivity index (χ4v) is 11.0. The largest absolute Gasteiger partial charge is 0.463 e. The maximum Gasteiger partial charge on any atom is 0.305 e. The number of hydrogen-bond acceptors (Lipinski definition) is 13. The fourth-order valence-electron chi connectivity index (χ4n) is 11.0. The number of aliphatic imine (C=N–C) groups is 1. The van der Waals surface area contributed by atoms with Gasteiger partial charge in [0.1, 0.15) is 6.61 Å². The van der Waals surface area contributed by atoms with Crippen LogP contribution in [0.4, 0.5) is 11.4 Å². The second kappa shape index (κ2) is 21.3. The number of aromatic nitrogens is 2. The molecule has 2 aromatic rings. The monoisotopic (exact) mass is 814 g/mol. The van der Waals surface area contributed by atoms with Gasteiger partial charge in [-0.2, -0.15) is 0 Å². The number of nitrogens with zero attached hydrogens (tertiary/aromatic N) is 4. The minimum Gasteiger partial charge on any atom is -0.463 e. The second-order valence-electron chi connectivity index (χ2n) is 17.2. The lowest BCUT2D eigenvalue weighted by atomic mass is 9.44. The highest BCUT2D eigenvalue weighted by Gasteiger charge is 2.60. The van der Waals surface area contributed by atoms with Crippen molar-refractivity contribution in [1.82, 2.24) is 15.6 Å². The molecular weight excluding hydrogens is 747 g/mol. The van der Waals surface area contributed by atoms with Gasteiger partial charge in [0.2, 0.25) is 11.4 Å². The fraction of sp³-hybridized carbons (Fsp3) is 0.780. The third-order valence-electron chi connectivity index (χ3n) is 13.8. The van der Waals surface area contributed by atoms with Gasteiger partial charge in [0.15, 0.2) is 11.5 Å². The van der Waals surface area contributed by atoms with Gasteiger partial charge in [-0.25, -0.2) is 4.63 Å². The molecule has 0 radical (unpaired) electrons. The van der Waals surface area contributed by atoms with Crippen LogP contribution in [0.25, 0.3) is 11.0 Å². The molecule has 0 aliphatic heterocycles. The first kappa shape index (κ1) is 45.0. The Morgan fingerprint density at radius 3 is 2.41 bits per heavy atom. The SMILES string of the molecule is CC12CC[C@@H](NC(=O)CNc3ccc([N+](=O)[O-])c4nonc34)CC1CCC1C2CC[C@]2(C)C(CCCC(=O)OCCOCCOCCN)CCC12.CCCN=C(N)N. The summed E-state index contributed by atoms with van der Waals surface area (Å²) in [6.07, 6.45) is 14.2. The van der Waals surface area contributed by atoms with Crippen molar-refractivity contribution in [3.05, 3.63) is 22.2 Å². The molecule has 324 valence electrons. The second-order valence-corrected chi connectivity index (χ2v) is 17.2. The van der Waals surface area contributed by atoms with Crippen LogP contribution >= 0.6 is 0 Å². The summed E-state index contributed by atoms with van der Waals surface area (Å²) in [4.78, 5) is 39.9. The molecule has 8 atom stereocenters. The summed E-state index contributed by atoms with van der Waals surface area (Å²) in [6.45, 7) is 10.5. The lowest BCUT2D eigenvalue weighted by molar-refractivity contribution is -0.383. The van der Waals surface area contributed by atoms with Gasteiger partial charge >= 0.3 is 11.7 Å². The predicted molar refractivity (Wildman–Crippen MR) is 221 cm³/mol. The molecule has 4 aliphatic rings. The zero-order chi connectivity index (χ0) is 41.7. The summed E-state index contributed by atoms with van der Waals surface area (Å²) in [5.74, 6) is 3.47. The van der Waals surface area contributed by atoms with Gasteiger partial charge in [0, 0.05) is 31.6 Å². The first-order valence-electron chi connectivity index (χ1n) is 21.4. The van der Waals surface area contributed by atoms with Crippen molar-refractivity contribution >= 4 is 40.2 Å². The number of fused-ring (bicyclic) bond motifs is 6. The number of esters is 1. The first-order chi connectivity index (χ1) is 27.9. The smallest absolute Gasteiger partial charge is 0.305 e. The van der Waals surface area contributed by atoms with Crippen molar-refractivity contribution in [3.8, 4) is 0 Å². The van der Waals surface area contributed by atoms with Gasteiger partial charge in [-0.15, -0.1) is 0 Å². The van der Waals surface area contributed by atoms with Crippen molar-refractivity contribution in [2.75, 3.05) is 58.0 Å². The highest BCUT2D eigenvalue weighted by Crippen LogP contribution is 2.68. The van der Waals surface area contributed by atoms with Gasteiger partial charge in [-0.1, -0.05) is 20.8 Å². The Labute approximate surface area is 341 Å². The Kier molecular flexibility index (Phi) is 16.5. The molecule has 1 amide bonds. The topological polar surface area (TPSA) is 258 Å². The molecule has 4 saturated carbocycles. The van der Waals surface area contributed by atoms with E-state index < -0.39 is 4.92 Å². The Hall–Kier alpha value is -4.09. The number of anilines is 1.